The van der Waals surface area contributed by atoms with Crippen molar-refractivity contribution in [3.63, 3.8) is 0 Å². The van der Waals surface area contributed by atoms with Crippen molar-refractivity contribution < 1.29 is 14.1 Å². The molecule has 3 aromatic rings. The number of rotatable bonds is 3. The van der Waals surface area contributed by atoms with Crippen molar-refractivity contribution in [1.29, 1.82) is 0 Å². The van der Waals surface area contributed by atoms with Gasteiger partial charge in [-0.1, -0.05) is 22.7 Å². The maximum Gasteiger partial charge on any atom is 0.324 e. The lowest BCUT2D eigenvalue weighted by Crippen LogP contribution is -2.48. The van der Waals surface area contributed by atoms with Crippen molar-refractivity contribution in [1.82, 2.24) is 9.88 Å². The molecule has 0 unspecified atom stereocenters. The van der Waals surface area contributed by atoms with Gasteiger partial charge in [-0.05, 0) is 24.3 Å². The van der Waals surface area contributed by atoms with Gasteiger partial charge in [0.05, 0.1) is 20.0 Å². The number of carbonyl (C=O) groups is 1. The highest BCUT2D eigenvalue weighted by molar-refractivity contribution is 7.22. The molecule has 10 heteroatoms. The topological polar surface area (TPSA) is 79.6 Å². The molecule has 4 rings (SSSR count). The Morgan fingerprint density at radius 1 is 1.15 bits per heavy atom. The molecule has 0 aliphatic carbocycles. The highest BCUT2D eigenvalue weighted by Crippen LogP contribution is 2.30. The summed E-state index contributed by atoms with van der Waals surface area (Å²) in [6.45, 7) is 2.24. The molecule has 0 N–H and O–H groups in total. The van der Waals surface area contributed by atoms with Crippen molar-refractivity contribution in [2.45, 2.75) is 0 Å². The van der Waals surface area contributed by atoms with E-state index in [1.807, 2.05) is 0 Å². The Morgan fingerprint density at radius 2 is 1.92 bits per heavy atom. The van der Waals surface area contributed by atoms with Gasteiger partial charge in [0.25, 0.3) is 5.91 Å². The van der Waals surface area contributed by atoms with Crippen LogP contribution in [0.1, 0.15) is 9.67 Å². The monoisotopic (exact) mass is 392 g/mol. The largest absolute Gasteiger partial charge is 0.345 e. The summed E-state index contributed by atoms with van der Waals surface area (Å²) in [7, 11) is 0. The second-order valence-corrected chi connectivity index (χ2v) is 7.85. The van der Waals surface area contributed by atoms with E-state index in [2.05, 4.69) is 9.88 Å². The number of thiazole rings is 1. The molecule has 2 aromatic heterocycles. The van der Waals surface area contributed by atoms with Crippen molar-refractivity contribution in [2.75, 3.05) is 31.1 Å². The molecule has 0 bridgehead atoms. The summed E-state index contributed by atoms with van der Waals surface area (Å²) in [5.41, 5.74) is 0.760. The molecule has 1 aromatic carbocycles. The second-order valence-electron chi connectivity index (χ2n) is 5.78. The lowest BCUT2D eigenvalue weighted by Gasteiger charge is -2.34. The first-order valence-electron chi connectivity index (χ1n) is 7.86. The number of nitro groups is 1. The number of hydrogen-bond acceptors (Lipinski definition) is 7. The standard InChI is InChI=1S/C16H13FN4O3S2/c17-10-1-2-11-13(9-10)26-16(18-11)20-7-5-19(6-8-20)15(22)12-3-4-14(25-12)21(23)24/h1-4,9H,5-8H2. The molecule has 26 heavy (non-hydrogen) atoms. The van der Waals surface area contributed by atoms with Crippen LogP contribution in [0.3, 0.4) is 0 Å². The second kappa shape index (κ2) is 6.61. The van der Waals surface area contributed by atoms with Gasteiger partial charge in [-0.2, -0.15) is 0 Å². The van der Waals surface area contributed by atoms with Gasteiger partial charge in [0.15, 0.2) is 5.13 Å². The van der Waals surface area contributed by atoms with Crippen LogP contribution >= 0.6 is 22.7 Å². The van der Waals surface area contributed by atoms with Crippen LogP contribution in [0, 0.1) is 15.9 Å². The Bertz CT molecular complexity index is 994. The summed E-state index contributed by atoms with van der Waals surface area (Å²) < 4.78 is 14.1. The van der Waals surface area contributed by atoms with E-state index in [0.717, 1.165) is 26.7 Å². The number of carbonyl (C=O) groups excluding carboxylic acids is 1. The molecule has 1 amide bonds. The van der Waals surface area contributed by atoms with Crippen molar-refractivity contribution in [2.24, 2.45) is 0 Å². The number of fused-ring (bicyclic) bond motifs is 1. The SMILES string of the molecule is O=C(c1ccc([N+](=O)[O-])s1)N1CCN(c2nc3ccc(F)cc3s2)CC1. The molecular formula is C16H13FN4O3S2. The third-order valence-corrected chi connectivity index (χ3v) is 6.26. The Labute approximate surface area is 155 Å². The van der Waals surface area contributed by atoms with Gasteiger partial charge in [-0.3, -0.25) is 14.9 Å². The van der Waals surface area contributed by atoms with Crippen LogP contribution in [0.4, 0.5) is 14.5 Å². The molecule has 1 fully saturated rings. The minimum absolute atomic E-state index is 0.0336. The van der Waals surface area contributed by atoms with Gasteiger partial charge in [-0.15, -0.1) is 0 Å². The zero-order chi connectivity index (χ0) is 18.3. The molecule has 0 saturated carbocycles. The number of hydrogen-bond donors (Lipinski definition) is 0. The van der Waals surface area contributed by atoms with E-state index in [1.54, 1.807) is 11.0 Å². The van der Waals surface area contributed by atoms with Crippen LogP contribution in [-0.2, 0) is 0 Å². The van der Waals surface area contributed by atoms with E-state index in [1.165, 1.54) is 35.6 Å². The van der Waals surface area contributed by atoms with Crippen LogP contribution in [0.15, 0.2) is 30.3 Å². The number of anilines is 1. The molecule has 0 atom stereocenters. The van der Waals surface area contributed by atoms with Gasteiger partial charge in [-0.25, -0.2) is 9.37 Å². The average molecular weight is 392 g/mol. The lowest BCUT2D eigenvalue weighted by molar-refractivity contribution is -0.380. The van der Waals surface area contributed by atoms with E-state index in [-0.39, 0.29) is 16.7 Å². The van der Waals surface area contributed by atoms with Crippen LogP contribution in [0.25, 0.3) is 10.2 Å². The fraction of sp³-hybridized carbons (Fsp3) is 0.250. The number of aromatic nitrogens is 1. The minimum atomic E-state index is -0.491. The predicted octanol–water partition coefficient (Wildman–Crippen LogP) is 3.37. The minimum Gasteiger partial charge on any atom is -0.345 e. The van der Waals surface area contributed by atoms with E-state index in [9.17, 15) is 19.3 Å². The van der Waals surface area contributed by atoms with E-state index in [0.29, 0.717) is 31.1 Å². The van der Waals surface area contributed by atoms with Crippen molar-refractivity contribution in [3.8, 4) is 0 Å². The number of halogens is 1. The van der Waals surface area contributed by atoms with E-state index >= 15 is 0 Å². The summed E-state index contributed by atoms with van der Waals surface area (Å²) >= 11 is 2.32. The number of thiophene rings is 1. The molecule has 1 aliphatic rings. The number of nitrogens with zero attached hydrogens (tertiary/aromatic N) is 4. The third-order valence-electron chi connectivity index (χ3n) is 4.16. The Hall–Kier alpha value is -2.59. The van der Waals surface area contributed by atoms with Crippen LogP contribution in [-0.4, -0.2) is 46.9 Å². The number of amides is 1. The predicted molar refractivity (Wildman–Crippen MR) is 98.7 cm³/mol. The molecular weight excluding hydrogens is 379 g/mol. The summed E-state index contributed by atoms with van der Waals surface area (Å²) in [6, 6.07) is 7.38. The molecule has 3 heterocycles. The van der Waals surface area contributed by atoms with Gasteiger partial charge in [0.2, 0.25) is 0 Å². The summed E-state index contributed by atoms with van der Waals surface area (Å²) in [5, 5.41) is 11.5. The van der Waals surface area contributed by atoms with Gasteiger partial charge >= 0.3 is 5.00 Å². The molecule has 134 valence electrons. The zero-order valence-corrected chi connectivity index (χ0v) is 15.1. The Kier molecular flexibility index (Phi) is 4.29. The molecule has 7 nitrogen and oxygen atoms in total. The quantitative estimate of drug-likeness (QED) is 0.504. The first kappa shape index (κ1) is 16.9. The molecule has 1 aliphatic heterocycles. The third kappa shape index (κ3) is 3.13. The first-order chi connectivity index (χ1) is 12.5. The number of piperazine rings is 1. The van der Waals surface area contributed by atoms with Crippen molar-refractivity contribution >= 4 is 48.9 Å². The maximum atomic E-state index is 13.3. The maximum absolute atomic E-state index is 13.3. The smallest absolute Gasteiger partial charge is 0.324 e. The normalized spacial score (nSPS) is 14.8. The first-order valence-corrected chi connectivity index (χ1v) is 9.49. The van der Waals surface area contributed by atoms with Gasteiger partial charge in [0.1, 0.15) is 5.82 Å². The number of benzene rings is 1. The fourth-order valence-corrected chi connectivity index (χ4v) is 4.65. The summed E-state index contributed by atoms with van der Waals surface area (Å²) in [4.78, 5) is 31.4. The van der Waals surface area contributed by atoms with Gasteiger partial charge < -0.3 is 9.80 Å². The van der Waals surface area contributed by atoms with Gasteiger partial charge in [0, 0.05) is 32.2 Å². The highest BCUT2D eigenvalue weighted by Gasteiger charge is 2.26. The molecule has 0 radical (unpaired) electrons. The summed E-state index contributed by atoms with van der Waals surface area (Å²) in [5.74, 6) is -0.470. The van der Waals surface area contributed by atoms with Crippen LogP contribution < -0.4 is 4.90 Å². The highest BCUT2D eigenvalue weighted by atomic mass is 32.1. The van der Waals surface area contributed by atoms with E-state index < -0.39 is 4.92 Å². The van der Waals surface area contributed by atoms with Crippen LogP contribution in [0.5, 0.6) is 0 Å². The molecule has 0 spiro atoms. The van der Waals surface area contributed by atoms with E-state index in [4.69, 9.17) is 0 Å². The summed E-state index contributed by atoms with van der Waals surface area (Å²) in [6.07, 6.45) is 0. The molecule has 1 saturated heterocycles. The lowest BCUT2D eigenvalue weighted by atomic mass is 10.3. The zero-order valence-electron chi connectivity index (χ0n) is 13.4. The van der Waals surface area contributed by atoms with Crippen LogP contribution in [0.2, 0.25) is 0 Å². The fourth-order valence-electron chi connectivity index (χ4n) is 2.82. The average Bonchev–Trinajstić information content (AvgIpc) is 3.28. The van der Waals surface area contributed by atoms with Crippen molar-refractivity contribution in [3.05, 3.63) is 51.1 Å². The Morgan fingerprint density at radius 3 is 2.62 bits per heavy atom. The Balaban J connectivity index is 1.44.